The molecular weight excluding hydrogens is 204 g/mol. The molecule has 0 aliphatic carbocycles. The third-order valence-electron chi connectivity index (χ3n) is 2.03. The van der Waals surface area contributed by atoms with Gasteiger partial charge in [0.15, 0.2) is 5.65 Å². The van der Waals surface area contributed by atoms with Crippen molar-refractivity contribution in [3.63, 3.8) is 0 Å². The standard InChI is InChI=1S/C10H16N6/c1-10(2,3)15-7-6-5-12-16-8(6)14-9(11-4)13-7/h5H,1-4H3,(H3,11,12,13,14,15,16). The summed E-state index contributed by atoms with van der Waals surface area (Å²) in [4.78, 5) is 8.65. The number of nitrogens with zero attached hydrogens (tertiary/aromatic N) is 3. The first-order valence-corrected chi connectivity index (χ1v) is 5.16. The maximum atomic E-state index is 4.38. The van der Waals surface area contributed by atoms with Crippen molar-refractivity contribution in [3.05, 3.63) is 6.20 Å². The molecule has 16 heavy (non-hydrogen) atoms. The van der Waals surface area contributed by atoms with E-state index in [1.54, 1.807) is 13.2 Å². The van der Waals surface area contributed by atoms with Gasteiger partial charge in [0.1, 0.15) is 5.82 Å². The lowest BCUT2D eigenvalue weighted by atomic mass is 10.1. The smallest absolute Gasteiger partial charge is 0.226 e. The number of anilines is 2. The monoisotopic (exact) mass is 220 g/mol. The van der Waals surface area contributed by atoms with Crippen LogP contribution in [-0.4, -0.2) is 32.8 Å². The first kappa shape index (κ1) is 10.7. The Balaban J connectivity index is 2.52. The molecular formula is C10H16N6. The molecule has 0 amide bonds. The van der Waals surface area contributed by atoms with Crippen molar-refractivity contribution >= 4 is 22.8 Å². The molecule has 0 aromatic carbocycles. The number of hydrogen-bond donors (Lipinski definition) is 3. The molecule has 0 radical (unpaired) electrons. The fourth-order valence-corrected chi connectivity index (χ4v) is 1.40. The van der Waals surface area contributed by atoms with Crippen LogP contribution in [0.4, 0.5) is 11.8 Å². The van der Waals surface area contributed by atoms with Gasteiger partial charge in [0, 0.05) is 12.6 Å². The van der Waals surface area contributed by atoms with Crippen LogP contribution in [0.25, 0.3) is 11.0 Å². The molecule has 6 heteroatoms. The minimum Gasteiger partial charge on any atom is -0.365 e. The van der Waals surface area contributed by atoms with E-state index in [0.717, 1.165) is 16.9 Å². The molecule has 0 aliphatic rings. The van der Waals surface area contributed by atoms with Gasteiger partial charge in [-0.25, -0.2) is 0 Å². The Labute approximate surface area is 93.9 Å². The quantitative estimate of drug-likeness (QED) is 0.716. The van der Waals surface area contributed by atoms with Crippen LogP contribution < -0.4 is 10.6 Å². The van der Waals surface area contributed by atoms with E-state index >= 15 is 0 Å². The highest BCUT2D eigenvalue weighted by Crippen LogP contribution is 2.22. The maximum absolute atomic E-state index is 4.38. The Bertz CT molecular complexity index is 495. The van der Waals surface area contributed by atoms with Crippen molar-refractivity contribution in [3.8, 4) is 0 Å². The normalized spacial score (nSPS) is 11.8. The van der Waals surface area contributed by atoms with Gasteiger partial charge >= 0.3 is 0 Å². The second-order valence-corrected chi connectivity index (χ2v) is 4.65. The lowest BCUT2D eigenvalue weighted by Crippen LogP contribution is -2.27. The van der Waals surface area contributed by atoms with E-state index < -0.39 is 0 Å². The number of nitrogens with one attached hydrogen (secondary N) is 3. The number of aromatic nitrogens is 4. The molecule has 2 aromatic heterocycles. The van der Waals surface area contributed by atoms with Crippen molar-refractivity contribution in [2.75, 3.05) is 17.7 Å². The van der Waals surface area contributed by atoms with Crippen molar-refractivity contribution in [1.29, 1.82) is 0 Å². The SMILES string of the molecule is CNc1nc(NC(C)(C)C)c2cn[nH]c2n1. The summed E-state index contributed by atoms with van der Waals surface area (Å²) in [5.41, 5.74) is 0.676. The number of hydrogen-bond acceptors (Lipinski definition) is 5. The van der Waals surface area contributed by atoms with E-state index in [-0.39, 0.29) is 5.54 Å². The van der Waals surface area contributed by atoms with E-state index in [9.17, 15) is 0 Å². The summed E-state index contributed by atoms with van der Waals surface area (Å²) in [6, 6.07) is 0. The second-order valence-electron chi connectivity index (χ2n) is 4.65. The number of rotatable bonds is 2. The second kappa shape index (κ2) is 3.62. The van der Waals surface area contributed by atoms with Gasteiger partial charge in [0.25, 0.3) is 0 Å². The summed E-state index contributed by atoms with van der Waals surface area (Å²) in [6.07, 6.45) is 1.73. The van der Waals surface area contributed by atoms with Crippen LogP contribution in [0.2, 0.25) is 0 Å². The van der Waals surface area contributed by atoms with Crippen LogP contribution >= 0.6 is 0 Å². The highest BCUT2D eigenvalue weighted by molar-refractivity contribution is 5.87. The van der Waals surface area contributed by atoms with Crippen LogP contribution in [0.3, 0.4) is 0 Å². The van der Waals surface area contributed by atoms with Crippen LogP contribution in [0.5, 0.6) is 0 Å². The van der Waals surface area contributed by atoms with Gasteiger partial charge in [-0.1, -0.05) is 0 Å². The fraction of sp³-hybridized carbons (Fsp3) is 0.500. The average Bonchev–Trinajstić information content (AvgIpc) is 2.63. The molecule has 0 spiro atoms. The van der Waals surface area contributed by atoms with Gasteiger partial charge in [-0.15, -0.1) is 0 Å². The first-order chi connectivity index (χ1) is 7.49. The predicted octanol–water partition coefficient (Wildman–Crippen LogP) is 1.60. The summed E-state index contributed by atoms with van der Waals surface area (Å²) < 4.78 is 0. The topological polar surface area (TPSA) is 78.5 Å². The van der Waals surface area contributed by atoms with Crippen LogP contribution in [0.15, 0.2) is 6.20 Å². The van der Waals surface area contributed by atoms with E-state index in [1.807, 2.05) is 0 Å². The zero-order valence-corrected chi connectivity index (χ0v) is 9.92. The third-order valence-corrected chi connectivity index (χ3v) is 2.03. The zero-order valence-electron chi connectivity index (χ0n) is 9.92. The van der Waals surface area contributed by atoms with E-state index in [4.69, 9.17) is 0 Å². The molecule has 0 unspecified atom stereocenters. The fourth-order valence-electron chi connectivity index (χ4n) is 1.40. The average molecular weight is 220 g/mol. The van der Waals surface area contributed by atoms with Gasteiger partial charge in [-0.3, -0.25) is 5.10 Å². The summed E-state index contributed by atoms with van der Waals surface area (Å²) in [7, 11) is 1.79. The van der Waals surface area contributed by atoms with E-state index in [1.165, 1.54) is 0 Å². The molecule has 0 saturated heterocycles. The predicted molar refractivity (Wildman–Crippen MR) is 64.6 cm³/mol. The maximum Gasteiger partial charge on any atom is 0.226 e. The largest absolute Gasteiger partial charge is 0.365 e. The van der Waals surface area contributed by atoms with Crippen molar-refractivity contribution in [1.82, 2.24) is 20.2 Å². The molecule has 6 nitrogen and oxygen atoms in total. The zero-order chi connectivity index (χ0) is 11.8. The van der Waals surface area contributed by atoms with Crippen molar-refractivity contribution in [2.45, 2.75) is 26.3 Å². The summed E-state index contributed by atoms with van der Waals surface area (Å²) in [5, 5.41) is 14.0. The van der Waals surface area contributed by atoms with Crippen LogP contribution in [-0.2, 0) is 0 Å². The van der Waals surface area contributed by atoms with Gasteiger partial charge in [-0.05, 0) is 20.8 Å². The molecule has 86 valence electrons. The molecule has 0 saturated carbocycles. The molecule has 0 fully saturated rings. The van der Waals surface area contributed by atoms with E-state index in [2.05, 4.69) is 51.6 Å². The third kappa shape index (κ3) is 2.05. The van der Waals surface area contributed by atoms with Crippen LogP contribution in [0.1, 0.15) is 20.8 Å². The molecule has 0 atom stereocenters. The molecule has 0 bridgehead atoms. The summed E-state index contributed by atoms with van der Waals surface area (Å²) in [5.74, 6) is 1.36. The van der Waals surface area contributed by atoms with E-state index in [0.29, 0.717) is 5.95 Å². The highest BCUT2D eigenvalue weighted by Gasteiger charge is 2.15. The van der Waals surface area contributed by atoms with Crippen LogP contribution in [0, 0.1) is 0 Å². The minimum absolute atomic E-state index is 0.0520. The Morgan fingerprint density at radius 1 is 1.25 bits per heavy atom. The first-order valence-electron chi connectivity index (χ1n) is 5.16. The molecule has 2 heterocycles. The summed E-state index contributed by atoms with van der Waals surface area (Å²) in [6.45, 7) is 6.25. The Morgan fingerprint density at radius 2 is 2.00 bits per heavy atom. The van der Waals surface area contributed by atoms with Gasteiger partial charge in [0.05, 0.1) is 11.6 Å². The Hall–Kier alpha value is -1.85. The lowest BCUT2D eigenvalue weighted by Gasteiger charge is -2.21. The lowest BCUT2D eigenvalue weighted by molar-refractivity contribution is 0.631. The number of H-pyrrole nitrogens is 1. The summed E-state index contributed by atoms with van der Waals surface area (Å²) >= 11 is 0. The molecule has 2 rings (SSSR count). The number of fused-ring (bicyclic) bond motifs is 1. The van der Waals surface area contributed by atoms with Crippen molar-refractivity contribution in [2.24, 2.45) is 0 Å². The Morgan fingerprint density at radius 3 is 2.62 bits per heavy atom. The van der Waals surface area contributed by atoms with Crippen molar-refractivity contribution < 1.29 is 0 Å². The van der Waals surface area contributed by atoms with Gasteiger partial charge in [0.2, 0.25) is 5.95 Å². The van der Waals surface area contributed by atoms with Gasteiger partial charge < -0.3 is 10.6 Å². The number of aromatic amines is 1. The molecule has 2 aromatic rings. The minimum atomic E-state index is -0.0520. The highest BCUT2D eigenvalue weighted by atomic mass is 15.2. The molecule has 3 N–H and O–H groups in total. The molecule has 0 aliphatic heterocycles. The van der Waals surface area contributed by atoms with Gasteiger partial charge in [-0.2, -0.15) is 15.1 Å². The Kier molecular flexibility index (Phi) is 2.41.